The molecule has 0 radical (unpaired) electrons. The van der Waals surface area contributed by atoms with E-state index in [1.807, 2.05) is 0 Å². The molecule has 1 atom stereocenters. The maximum absolute atomic E-state index is 11.5. The molecule has 0 spiro atoms. The van der Waals surface area contributed by atoms with Gasteiger partial charge in [0, 0.05) is 19.7 Å². The fourth-order valence-corrected chi connectivity index (χ4v) is 1.41. The van der Waals surface area contributed by atoms with Gasteiger partial charge in [-0.3, -0.25) is 4.79 Å². The van der Waals surface area contributed by atoms with Gasteiger partial charge in [0.15, 0.2) is 5.69 Å². The van der Waals surface area contributed by atoms with E-state index < -0.39 is 0 Å². The van der Waals surface area contributed by atoms with E-state index in [4.69, 9.17) is 20.9 Å². The number of ether oxygens (including phenoxy) is 1. The van der Waals surface area contributed by atoms with Crippen LogP contribution in [0.25, 0.3) is 0 Å². The summed E-state index contributed by atoms with van der Waals surface area (Å²) in [5, 5.41) is 6.21. The predicted octanol–water partition coefficient (Wildman–Crippen LogP) is 1.36. The molecule has 6 heteroatoms. The van der Waals surface area contributed by atoms with Crippen molar-refractivity contribution >= 4 is 17.5 Å². The summed E-state index contributed by atoms with van der Waals surface area (Å²) >= 11 is 5.90. The summed E-state index contributed by atoms with van der Waals surface area (Å²) in [7, 11) is 1.59. The first-order valence-corrected chi connectivity index (χ1v) is 5.41. The number of halogens is 1. The molecule has 90 valence electrons. The number of aromatic nitrogens is 1. The Morgan fingerprint density at radius 3 is 3.06 bits per heavy atom. The smallest absolute Gasteiger partial charge is 0.273 e. The Kier molecular flexibility index (Phi) is 5.28. The molecular weight excluding hydrogens is 232 g/mol. The zero-order chi connectivity index (χ0) is 12.0. The number of nitrogens with one attached hydrogen (secondary N) is 1. The molecule has 1 aromatic rings. The molecule has 0 bridgehead atoms. The van der Waals surface area contributed by atoms with Crippen LogP contribution in [-0.2, 0) is 4.74 Å². The van der Waals surface area contributed by atoms with Crippen LogP contribution in [0.3, 0.4) is 0 Å². The van der Waals surface area contributed by atoms with Crippen LogP contribution >= 0.6 is 11.6 Å². The second kappa shape index (κ2) is 6.50. The summed E-state index contributed by atoms with van der Waals surface area (Å²) in [6.45, 7) is 2.69. The normalized spacial score (nSPS) is 12.4. The molecule has 0 aromatic carbocycles. The van der Waals surface area contributed by atoms with Gasteiger partial charge in [0.2, 0.25) is 0 Å². The first-order chi connectivity index (χ1) is 7.63. The Morgan fingerprint density at radius 1 is 1.75 bits per heavy atom. The van der Waals surface area contributed by atoms with Crippen LogP contribution in [0.5, 0.6) is 0 Å². The van der Waals surface area contributed by atoms with Crippen molar-refractivity contribution in [2.45, 2.75) is 18.7 Å². The van der Waals surface area contributed by atoms with Gasteiger partial charge in [0.05, 0.1) is 12.0 Å². The summed E-state index contributed by atoms with van der Waals surface area (Å²) in [6.07, 6.45) is 0.651. The van der Waals surface area contributed by atoms with E-state index in [1.54, 1.807) is 20.1 Å². The van der Waals surface area contributed by atoms with Gasteiger partial charge in [-0.2, -0.15) is 0 Å². The number of carbonyl (C=O) groups excluding carboxylic acids is 1. The molecule has 0 fully saturated rings. The maximum Gasteiger partial charge on any atom is 0.273 e. The van der Waals surface area contributed by atoms with E-state index in [0.717, 1.165) is 0 Å². The molecule has 0 aliphatic carbocycles. The molecule has 5 nitrogen and oxygen atoms in total. The highest BCUT2D eigenvalue weighted by atomic mass is 35.5. The molecule has 1 unspecified atom stereocenters. The van der Waals surface area contributed by atoms with Crippen LogP contribution in [-0.4, -0.2) is 36.7 Å². The highest BCUT2D eigenvalue weighted by molar-refractivity contribution is 6.20. The van der Waals surface area contributed by atoms with E-state index in [0.29, 0.717) is 25.3 Å². The van der Waals surface area contributed by atoms with Crippen LogP contribution in [0.4, 0.5) is 0 Å². The van der Waals surface area contributed by atoms with Crippen molar-refractivity contribution in [3.63, 3.8) is 0 Å². The summed E-state index contributed by atoms with van der Waals surface area (Å²) in [5.41, 5.74) is 0.287. The Hall–Kier alpha value is -1.07. The number of rotatable bonds is 6. The topological polar surface area (TPSA) is 64.4 Å². The summed E-state index contributed by atoms with van der Waals surface area (Å²) in [6, 6.07) is 1.59. The summed E-state index contributed by atoms with van der Waals surface area (Å²) in [4.78, 5) is 11.5. The molecular formula is C10H15ClN2O3. The third-order valence-electron chi connectivity index (χ3n) is 1.95. The van der Waals surface area contributed by atoms with Crippen molar-refractivity contribution in [1.29, 1.82) is 0 Å². The lowest BCUT2D eigenvalue weighted by atomic mass is 10.3. The number of amides is 1. The lowest BCUT2D eigenvalue weighted by Gasteiger charge is -2.07. The lowest BCUT2D eigenvalue weighted by molar-refractivity contribution is 0.0942. The van der Waals surface area contributed by atoms with Crippen LogP contribution < -0.4 is 5.32 Å². The van der Waals surface area contributed by atoms with E-state index >= 15 is 0 Å². The van der Waals surface area contributed by atoms with Gasteiger partial charge in [-0.05, 0) is 13.3 Å². The number of alkyl halides is 1. The molecule has 0 aliphatic heterocycles. The zero-order valence-corrected chi connectivity index (χ0v) is 10.1. The molecule has 16 heavy (non-hydrogen) atoms. The monoisotopic (exact) mass is 246 g/mol. The van der Waals surface area contributed by atoms with Crippen LogP contribution in [0.2, 0.25) is 0 Å². The Balaban J connectivity index is 2.25. The quantitative estimate of drug-likeness (QED) is 0.770. The first kappa shape index (κ1) is 13.0. The van der Waals surface area contributed by atoms with Crippen LogP contribution in [0, 0.1) is 6.92 Å². The minimum absolute atomic E-state index is 0.0932. The molecule has 1 rings (SSSR count). The maximum atomic E-state index is 11.5. The molecule has 0 saturated heterocycles. The van der Waals surface area contributed by atoms with Crippen LogP contribution in [0.15, 0.2) is 10.6 Å². The standard InChI is InChI=1S/C10H15ClN2O3/c1-7-5-9(13-16-7)10(14)12-4-3-8(11)6-15-2/h5,8H,3-4,6H2,1-2H3,(H,12,14). The fraction of sp³-hybridized carbons (Fsp3) is 0.600. The molecule has 0 aliphatic rings. The van der Waals surface area contributed by atoms with Crippen molar-refractivity contribution in [2.24, 2.45) is 0 Å². The number of hydrogen-bond acceptors (Lipinski definition) is 4. The molecule has 1 heterocycles. The van der Waals surface area contributed by atoms with Gasteiger partial charge in [-0.15, -0.1) is 11.6 Å². The predicted molar refractivity (Wildman–Crippen MR) is 59.7 cm³/mol. The molecule has 1 aromatic heterocycles. The SMILES string of the molecule is COCC(Cl)CCNC(=O)c1cc(C)on1. The van der Waals surface area contributed by atoms with Crippen molar-refractivity contribution in [2.75, 3.05) is 20.3 Å². The highest BCUT2D eigenvalue weighted by Crippen LogP contribution is 2.03. The van der Waals surface area contributed by atoms with Crippen molar-refractivity contribution in [3.8, 4) is 0 Å². The summed E-state index contributed by atoms with van der Waals surface area (Å²) < 4.78 is 9.67. The van der Waals surface area contributed by atoms with E-state index in [-0.39, 0.29) is 17.0 Å². The average molecular weight is 247 g/mol. The second-order valence-electron chi connectivity index (χ2n) is 3.42. The van der Waals surface area contributed by atoms with E-state index in [9.17, 15) is 4.79 Å². The molecule has 0 saturated carbocycles. The summed E-state index contributed by atoms with van der Waals surface area (Å²) in [5.74, 6) is 0.359. The number of carbonyl (C=O) groups is 1. The second-order valence-corrected chi connectivity index (χ2v) is 4.04. The lowest BCUT2D eigenvalue weighted by Crippen LogP contribution is -2.27. The van der Waals surface area contributed by atoms with Gasteiger partial charge in [0.1, 0.15) is 5.76 Å². The molecule has 1 amide bonds. The minimum Gasteiger partial charge on any atom is -0.383 e. The fourth-order valence-electron chi connectivity index (χ4n) is 1.17. The third kappa shape index (κ3) is 4.20. The van der Waals surface area contributed by atoms with Crippen molar-refractivity contribution < 1.29 is 14.1 Å². The molecule has 1 N–H and O–H groups in total. The highest BCUT2D eigenvalue weighted by Gasteiger charge is 2.11. The Bertz CT molecular complexity index is 341. The number of methoxy groups -OCH3 is 1. The largest absolute Gasteiger partial charge is 0.383 e. The average Bonchev–Trinajstić information content (AvgIpc) is 2.65. The Labute approximate surface area is 99.1 Å². The van der Waals surface area contributed by atoms with Crippen molar-refractivity contribution in [3.05, 3.63) is 17.5 Å². The zero-order valence-electron chi connectivity index (χ0n) is 9.33. The Morgan fingerprint density at radius 2 is 2.50 bits per heavy atom. The van der Waals surface area contributed by atoms with E-state index in [2.05, 4.69) is 10.5 Å². The van der Waals surface area contributed by atoms with Gasteiger partial charge >= 0.3 is 0 Å². The van der Waals surface area contributed by atoms with Gasteiger partial charge in [-0.25, -0.2) is 0 Å². The number of hydrogen-bond donors (Lipinski definition) is 1. The third-order valence-corrected chi connectivity index (χ3v) is 2.30. The van der Waals surface area contributed by atoms with Crippen LogP contribution in [0.1, 0.15) is 22.7 Å². The van der Waals surface area contributed by atoms with E-state index in [1.165, 1.54) is 0 Å². The first-order valence-electron chi connectivity index (χ1n) is 4.98. The minimum atomic E-state index is -0.252. The number of aryl methyl sites for hydroxylation is 1. The van der Waals surface area contributed by atoms with Gasteiger partial charge in [0.25, 0.3) is 5.91 Å². The number of nitrogens with zero attached hydrogens (tertiary/aromatic N) is 1. The van der Waals surface area contributed by atoms with Gasteiger partial charge in [-0.1, -0.05) is 5.16 Å². The van der Waals surface area contributed by atoms with Gasteiger partial charge < -0.3 is 14.6 Å². The van der Waals surface area contributed by atoms with Crippen molar-refractivity contribution in [1.82, 2.24) is 10.5 Å².